The molecule has 0 amide bonds. The summed E-state index contributed by atoms with van der Waals surface area (Å²) in [5, 5.41) is 0. The van der Waals surface area contributed by atoms with Crippen LogP contribution in [0.25, 0.3) is 0 Å². The standard InChI is InChI=1S/C22H26O2/c1-17(23)20-15-21(13-12-18-8-4-2-5-9-18)24-22(16-20)14-19-10-6-3-7-11-19/h2-11,20-22H,12-16H2,1H3/t20-,21+,22-/m0/s1. The van der Waals surface area contributed by atoms with E-state index in [1.54, 1.807) is 6.92 Å². The Labute approximate surface area is 144 Å². The predicted molar refractivity (Wildman–Crippen MR) is 97.0 cm³/mol. The molecule has 0 radical (unpaired) electrons. The topological polar surface area (TPSA) is 26.3 Å². The van der Waals surface area contributed by atoms with Gasteiger partial charge in [-0.25, -0.2) is 0 Å². The van der Waals surface area contributed by atoms with Crippen LogP contribution in [0.15, 0.2) is 60.7 Å². The maximum Gasteiger partial charge on any atom is 0.133 e. The Kier molecular flexibility index (Phi) is 5.81. The number of aryl methyl sites for hydroxylation is 1. The lowest BCUT2D eigenvalue weighted by molar-refractivity contribution is -0.131. The molecule has 0 aliphatic carbocycles. The van der Waals surface area contributed by atoms with Crippen LogP contribution in [0.1, 0.15) is 37.3 Å². The summed E-state index contributed by atoms with van der Waals surface area (Å²) in [7, 11) is 0. The highest BCUT2D eigenvalue weighted by atomic mass is 16.5. The fraction of sp³-hybridized carbons (Fsp3) is 0.409. The number of benzene rings is 2. The lowest BCUT2D eigenvalue weighted by atomic mass is 9.85. The normalized spacial score (nSPS) is 23.8. The van der Waals surface area contributed by atoms with Gasteiger partial charge in [0.25, 0.3) is 0 Å². The minimum atomic E-state index is 0.147. The lowest BCUT2D eigenvalue weighted by Crippen LogP contribution is -2.37. The number of ketones is 1. The van der Waals surface area contributed by atoms with Crippen LogP contribution in [0.2, 0.25) is 0 Å². The van der Waals surface area contributed by atoms with Crippen LogP contribution in [0.4, 0.5) is 0 Å². The number of carbonyl (C=O) groups excluding carboxylic acids is 1. The maximum atomic E-state index is 12.0. The Morgan fingerprint density at radius 3 is 2.12 bits per heavy atom. The van der Waals surface area contributed by atoms with E-state index in [1.807, 2.05) is 12.1 Å². The molecule has 1 aliphatic heterocycles. The molecule has 0 aromatic heterocycles. The SMILES string of the molecule is CC(=O)[C@H]1C[C@@H](CCc2ccccc2)O[C@@H](Cc2ccccc2)C1. The zero-order valence-electron chi connectivity index (χ0n) is 14.4. The van der Waals surface area contributed by atoms with Crippen molar-refractivity contribution in [2.45, 2.75) is 51.2 Å². The van der Waals surface area contributed by atoms with Crippen LogP contribution in [0.5, 0.6) is 0 Å². The van der Waals surface area contributed by atoms with Crippen LogP contribution in [0.3, 0.4) is 0 Å². The molecule has 2 heteroatoms. The number of rotatable bonds is 6. The van der Waals surface area contributed by atoms with Gasteiger partial charge in [-0.2, -0.15) is 0 Å². The summed E-state index contributed by atoms with van der Waals surface area (Å²) in [4.78, 5) is 12.0. The average Bonchev–Trinajstić information content (AvgIpc) is 2.61. The molecule has 0 spiro atoms. The van der Waals surface area contributed by atoms with Gasteiger partial charge in [0.1, 0.15) is 5.78 Å². The number of ether oxygens (including phenoxy) is 1. The number of hydrogen-bond acceptors (Lipinski definition) is 2. The Morgan fingerprint density at radius 1 is 0.917 bits per heavy atom. The monoisotopic (exact) mass is 322 g/mol. The van der Waals surface area contributed by atoms with E-state index < -0.39 is 0 Å². The molecule has 24 heavy (non-hydrogen) atoms. The van der Waals surface area contributed by atoms with Crippen LogP contribution >= 0.6 is 0 Å². The molecular formula is C22H26O2. The minimum Gasteiger partial charge on any atom is -0.375 e. The summed E-state index contributed by atoms with van der Waals surface area (Å²) in [6, 6.07) is 21.0. The van der Waals surface area contributed by atoms with Gasteiger partial charge < -0.3 is 4.74 Å². The van der Waals surface area contributed by atoms with Crippen molar-refractivity contribution in [1.82, 2.24) is 0 Å². The Morgan fingerprint density at radius 2 is 1.50 bits per heavy atom. The predicted octanol–water partition coefficient (Wildman–Crippen LogP) is 4.61. The molecule has 2 nitrogen and oxygen atoms in total. The largest absolute Gasteiger partial charge is 0.375 e. The smallest absolute Gasteiger partial charge is 0.133 e. The van der Waals surface area contributed by atoms with E-state index in [0.29, 0.717) is 5.78 Å². The maximum absolute atomic E-state index is 12.0. The highest BCUT2D eigenvalue weighted by Crippen LogP contribution is 2.30. The molecule has 0 saturated carbocycles. The third kappa shape index (κ3) is 4.78. The van der Waals surface area contributed by atoms with Crippen molar-refractivity contribution < 1.29 is 9.53 Å². The third-order valence-electron chi connectivity index (χ3n) is 4.96. The van der Waals surface area contributed by atoms with E-state index in [4.69, 9.17) is 4.74 Å². The van der Waals surface area contributed by atoms with Crippen LogP contribution < -0.4 is 0 Å². The minimum absolute atomic E-state index is 0.147. The summed E-state index contributed by atoms with van der Waals surface area (Å²) >= 11 is 0. The van der Waals surface area contributed by atoms with E-state index in [0.717, 1.165) is 32.1 Å². The van der Waals surface area contributed by atoms with Gasteiger partial charge in [0.15, 0.2) is 0 Å². The molecule has 3 atom stereocenters. The fourth-order valence-electron chi connectivity index (χ4n) is 3.61. The second-order valence-electron chi connectivity index (χ2n) is 6.87. The van der Waals surface area contributed by atoms with E-state index in [9.17, 15) is 4.79 Å². The zero-order valence-corrected chi connectivity index (χ0v) is 14.4. The fourth-order valence-corrected chi connectivity index (χ4v) is 3.61. The average molecular weight is 322 g/mol. The molecule has 2 aromatic rings. The van der Waals surface area contributed by atoms with Gasteiger partial charge in [0, 0.05) is 5.92 Å². The van der Waals surface area contributed by atoms with Gasteiger partial charge in [-0.1, -0.05) is 60.7 Å². The molecule has 0 unspecified atom stereocenters. The molecule has 1 aliphatic rings. The van der Waals surface area contributed by atoms with Crippen molar-refractivity contribution in [2.24, 2.45) is 5.92 Å². The first kappa shape index (κ1) is 16.9. The molecular weight excluding hydrogens is 296 g/mol. The highest BCUT2D eigenvalue weighted by Gasteiger charge is 2.31. The van der Waals surface area contributed by atoms with Crippen LogP contribution in [-0.2, 0) is 22.4 Å². The third-order valence-corrected chi connectivity index (χ3v) is 4.96. The van der Waals surface area contributed by atoms with Crippen molar-refractivity contribution >= 4 is 5.78 Å². The van der Waals surface area contributed by atoms with Crippen LogP contribution in [-0.4, -0.2) is 18.0 Å². The van der Waals surface area contributed by atoms with E-state index >= 15 is 0 Å². The summed E-state index contributed by atoms with van der Waals surface area (Å²) < 4.78 is 6.34. The molecule has 1 saturated heterocycles. The summed E-state index contributed by atoms with van der Waals surface area (Å²) in [6.45, 7) is 1.73. The van der Waals surface area contributed by atoms with Gasteiger partial charge in [0.2, 0.25) is 0 Å². The molecule has 126 valence electrons. The zero-order chi connectivity index (χ0) is 16.8. The number of hydrogen-bond donors (Lipinski definition) is 0. The van der Waals surface area contributed by atoms with Crippen molar-refractivity contribution in [3.63, 3.8) is 0 Å². The molecule has 3 rings (SSSR count). The first-order valence-corrected chi connectivity index (χ1v) is 8.94. The first-order chi connectivity index (χ1) is 11.7. The van der Waals surface area contributed by atoms with Gasteiger partial charge in [-0.3, -0.25) is 4.79 Å². The summed E-state index contributed by atoms with van der Waals surface area (Å²) in [6.07, 6.45) is 4.94. The Balaban J connectivity index is 1.62. The van der Waals surface area contributed by atoms with Crippen molar-refractivity contribution in [3.05, 3.63) is 71.8 Å². The van der Waals surface area contributed by atoms with Crippen LogP contribution in [0, 0.1) is 5.92 Å². The lowest BCUT2D eigenvalue weighted by Gasteiger charge is -2.35. The number of Topliss-reactive ketones (excluding diaryl/α,β-unsaturated/α-hetero) is 1. The van der Waals surface area contributed by atoms with E-state index in [-0.39, 0.29) is 18.1 Å². The highest BCUT2D eigenvalue weighted by molar-refractivity contribution is 5.78. The van der Waals surface area contributed by atoms with Gasteiger partial charge in [0.05, 0.1) is 12.2 Å². The van der Waals surface area contributed by atoms with Crippen molar-refractivity contribution in [3.8, 4) is 0 Å². The Hall–Kier alpha value is -1.93. The summed E-state index contributed by atoms with van der Waals surface area (Å²) in [5.74, 6) is 0.453. The molecule has 1 fully saturated rings. The Bertz CT molecular complexity index is 636. The second kappa shape index (κ2) is 8.25. The van der Waals surface area contributed by atoms with Gasteiger partial charge in [-0.05, 0) is 50.2 Å². The van der Waals surface area contributed by atoms with E-state index in [1.165, 1.54) is 11.1 Å². The molecule has 1 heterocycles. The molecule has 0 bridgehead atoms. The molecule has 0 N–H and O–H groups in total. The number of carbonyl (C=O) groups is 1. The first-order valence-electron chi connectivity index (χ1n) is 8.94. The summed E-state index contributed by atoms with van der Waals surface area (Å²) in [5.41, 5.74) is 2.62. The van der Waals surface area contributed by atoms with Gasteiger partial charge >= 0.3 is 0 Å². The van der Waals surface area contributed by atoms with Crippen molar-refractivity contribution in [1.29, 1.82) is 0 Å². The second-order valence-corrected chi connectivity index (χ2v) is 6.87. The van der Waals surface area contributed by atoms with Crippen molar-refractivity contribution in [2.75, 3.05) is 0 Å². The van der Waals surface area contributed by atoms with Gasteiger partial charge in [-0.15, -0.1) is 0 Å². The quantitative estimate of drug-likeness (QED) is 0.776. The van der Waals surface area contributed by atoms with E-state index in [2.05, 4.69) is 48.5 Å². The molecule has 2 aromatic carbocycles.